The molecule has 0 bridgehead atoms. The first-order valence-corrected chi connectivity index (χ1v) is 11.5. The number of carbonyl (C=O) groups excluding carboxylic acids is 1. The number of hydrogen-bond acceptors (Lipinski definition) is 5. The Balaban J connectivity index is 1.40. The second kappa shape index (κ2) is 9.42. The average molecular weight is 441 g/mol. The Kier molecular flexibility index (Phi) is 6.04. The van der Waals surface area contributed by atoms with E-state index in [0.717, 1.165) is 60.7 Å². The number of pyridine rings is 1. The van der Waals surface area contributed by atoms with Crippen LogP contribution in [0.1, 0.15) is 41.6 Å². The van der Waals surface area contributed by atoms with E-state index in [9.17, 15) is 4.79 Å². The highest BCUT2D eigenvalue weighted by molar-refractivity contribution is 6.08. The van der Waals surface area contributed by atoms with E-state index < -0.39 is 0 Å². The number of para-hydroxylation sites is 1. The normalized spacial score (nSPS) is 15.6. The highest BCUT2D eigenvalue weighted by atomic mass is 16.1. The van der Waals surface area contributed by atoms with Gasteiger partial charge in [-0.05, 0) is 67.3 Å². The fraction of sp³-hybridized carbons (Fsp3) is 0.269. The van der Waals surface area contributed by atoms with Crippen molar-refractivity contribution >= 4 is 28.4 Å². The first kappa shape index (κ1) is 21.2. The lowest BCUT2D eigenvalue weighted by molar-refractivity contribution is 0.102. The summed E-state index contributed by atoms with van der Waals surface area (Å²) in [6.45, 7) is 4.97. The first-order valence-electron chi connectivity index (χ1n) is 11.5. The van der Waals surface area contributed by atoms with Gasteiger partial charge in [-0.25, -0.2) is 9.97 Å². The number of aromatic nitrogens is 3. The Morgan fingerprint density at radius 1 is 1.15 bits per heavy atom. The van der Waals surface area contributed by atoms with Crippen molar-refractivity contribution in [2.75, 3.05) is 30.3 Å². The van der Waals surface area contributed by atoms with Crippen molar-refractivity contribution < 1.29 is 4.79 Å². The molecule has 4 N–H and O–H groups in total. The summed E-state index contributed by atoms with van der Waals surface area (Å²) >= 11 is 0. The molecule has 1 saturated heterocycles. The lowest BCUT2D eigenvalue weighted by Gasteiger charge is -2.11. The van der Waals surface area contributed by atoms with Crippen LogP contribution in [-0.4, -0.2) is 40.5 Å². The third-order valence-electron chi connectivity index (χ3n) is 6.03. The third kappa shape index (κ3) is 4.59. The smallest absolute Gasteiger partial charge is 0.255 e. The summed E-state index contributed by atoms with van der Waals surface area (Å²) in [5.41, 5.74) is 5.10. The fourth-order valence-electron chi connectivity index (χ4n) is 4.26. The van der Waals surface area contributed by atoms with Gasteiger partial charge in [0.2, 0.25) is 0 Å². The molecule has 7 heteroatoms. The number of amides is 1. The number of nitrogens with zero attached hydrogens (tertiary/aromatic N) is 2. The minimum absolute atomic E-state index is 0.130. The topological polar surface area (TPSA) is 94.7 Å². The van der Waals surface area contributed by atoms with Crippen molar-refractivity contribution in [3.05, 3.63) is 71.9 Å². The van der Waals surface area contributed by atoms with Crippen LogP contribution < -0.4 is 16.0 Å². The van der Waals surface area contributed by atoms with Crippen molar-refractivity contribution in [2.45, 2.75) is 25.7 Å². The molecule has 1 aliphatic heterocycles. The van der Waals surface area contributed by atoms with Crippen LogP contribution in [0.15, 0.2) is 60.8 Å². The zero-order valence-corrected chi connectivity index (χ0v) is 18.7. The maximum Gasteiger partial charge on any atom is 0.255 e. The van der Waals surface area contributed by atoms with Gasteiger partial charge in [0.15, 0.2) is 0 Å². The number of anilines is 2. The molecular formula is C26H28N6O. The maximum absolute atomic E-state index is 13.1. The number of rotatable bonds is 7. The molecule has 7 nitrogen and oxygen atoms in total. The van der Waals surface area contributed by atoms with Crippen molar-refractivity contribution in [1.29, 1.82) is 0 Å². The summed E-state index contributed by atoms with van der Waals surface area (Å²) in [4.78, 5) is 25.6. The molecule has 0 spiro atoms. The largest absolute Gasteiger partial charge is 0.370 e. The second-order valence-electron chi connectivity index (χ2n) is 8.41. The maximum atomic E-state index is 13.1. The van der Waals surface area contributed by atoms with Crippen LogP contribution in [0, 0.1) is 0 Å². The molecule has 4 aromatic rings. The SMILES string of the molecule is CCCNc1cc(-c2nc3c(NC(=O)c4cccc(C5CCNC5)c4)cccc3[nH]2)ccn1. The molecule has 0 aliphatic carbocycles. The third-order valence-corrected chi connectivity index (χ3v) is 6.03. The van der Waals surface area contributed by atoms with E-state index in [2.05, 4.69) is 38.9 Å². The molecule has 168 valence electrons. The molecule has 1 unspecified atom stereocenters. The van der Waals surface area contributed by atoms with Crippen molar-refractivity contribution in [1.82, 2.24) is 20.3 Å². The second-order valence-corrected chi connectivity index (χ2v) is 8.41. The van der Waals surface area contributed by atoms with Gasteiger partial charge in [0.1, 0.15) is 17.2 Å². The molecule has 0 radical (unpaired) electrons. The van der Waals surface area contributed by atoms with E-state index in [-0.39, 0.29) is 5.91 Å². The van der Waals surface area contributed by atoms with Crippen LogP contribution >= 0.6 is 0 Å². The molecule has 3 heterocycles. The average Bonchev–Trinajstić information content (AvgIpc) is 3.54. The molecule has 5 rings (SSSR count). The van der Waals surface area contributed by atoms with Crippen LogP contribution in [0.25, 0.3) is 22.4 Å². The van der Waals surface area contributed by atoms with E-state index in [1.807, 2.05) is 48.5 Å². The number of hydrogen-bond donors (Lipinski definition) is 4. The van der Waals surface area contributed by atoms with E-state index in [1.54, 1.807) is 6.20 Å². The standard InChI is InChI=1S/C26H28N6O/c1-2-11-28-23-15-18(10-13-29-23)25-30-21-7-4-8-22(24(21)32-25)31-26(33)19-6-3-5-17(14-19)20-9-12-27-16-20/h3-8,10,13-15,20,27H,2,9,11-12,16H2,1H3,(H,28,29)(H,30,32)(H,31,33). The molecular weight excluding hydrogens is 412 g/mol. The zero-order valence-electron chi connectivity index (χ0n) is 18.7. The van der Waals surface area contributed by atoms with Gasteiger partial charge in [0, 0.05) is 30.4 Å². The van der Waals surface area contributed by atoms with Gasteiger partial charge in [-0.1, -0.05) is 25.1 Å². The number of imidazole rings is 1. The summed E-state index contributed by atoms with van der Waals surface area (Å²) < 4.78 is 0. The van der Waals surface area contributed by atoms with Gasteiger partial charge >= 0.3 is 0 Å². The molecule has 0 saturated carbocycles. The Hall–Kier alpha value is -3.71. The van der Waals surface area contributed by atoms with E-state index in [1.165, 1.54) is 5.56 Å². The number of carbonyl (C=O) groups is 1. The van der Waals surface area contributed by atoms with Crippen LogP contribution in [0.2, 0.25) is 0 Å². The van der Waals surface area contributed by atoms with Crippen molar-refractivity contribution in [3.63, 3.8) is 0 Å². The summed E-state index contributed by atoms with van der Waals surface area (Å²) in [5, 5.41) is 9.75. The number of H-pyrrole nitrogens is 1. The molecule has 1 fully saturated rings. The van der Waals surface area contributed by atoms with Gasteiger partial charge in [0.05, 0.1) is 11.2 Å². The van der Waals surface area contributed by atoms with E-state index >= 15 is 0 Å². The highest BCUT2D eigenvalue weighted by Crippen LogP contribution is 2.28. The number of benzene rings is 2. The molecule has 2 aromatic carbocycles. The van der Waals surface area contributed by atoms with E-state index in [4.69, 9.17) is 4.98 Å². The Morgan fingerprint density at radius 2 is 2.06 bits per heavy atom. The van der Waals surface area contributed by atoms with Gasteiger partial charge in [-0.2, -0.15) is 0 Å². The van der Waals surface area contributed by atoms with Crippen LogP contribution in [0.5, 0.6) is 0 Å². The minimum Gasteiger partial charge on any atom is -0.370 e. The molecule has 1 amide bonds. The predicted octanol–water partition coefficient (Wildman–Crippen LogP) is 4.78. The van der Waals surface area contributed by atoms with Crippen LogP contribution in [-0.2, 0) is 0 Å². The Labute approximate surface area is 193 Å². The van der Waals surface area contributed by atoms with E-state index in [0.29, 0.717) is 17.2 Å². The molecule has 33 heavy (non-hydrogen) atoms. The van der Waals surface area contributed by atoms with Gasteiger partial charge in [0.25, 0.3) is 5.91 Å². The molecule has 1 aliphatic rings. The van der Waals surface area contributed by atoms with Gasteiger partial charge in [-0.3, -0.25) is 4.79 Å². The monoisotopic (exact) mass is 440 g/mol. The Morgan fingerprint density at radius 3 is 2.91 bits per heavy atom. The number of aromatic amines is 1. The quantitative estimate of drug-likeness (QED) is 0.332. The first-order chi connectivity index (χ1) is 16.2. The summed E-state index contributed by atoms with van der Waals surface area (Å²) in [7, 11) is 0. The Bertz CT molecular complexity index is 1270. The number of fused-ring (bicyclic) bond motifs is 1. The molecule has 1 atom stereocenters. The van der Waals surface area contributed by atoms with Crippen molar-refractivity contribution in [3.8, 4) is 11.4 Å². The van der Waals surface area contributed by atoms with Crippen LogP contribution in [0.3, 0.4) is 0 Å². The highest BCUT2D eigenvalue weighted by Gasteiger charge is 2.18. The number of nitrogens with one attached hydrogen (secondary N) is 4. The lowest BCUT2D eigenvalue weighted by Crippen LogP contribution is -2.13. The summed E-state index contributed by atoms with van der Waals surface area (Å²) in [6, 6.07) is 17.6. The molecule has 2 aromatic heterocycles. The summed E-state index contributed by atoms with van der Waals surface area (Å²) in [6.07, 6.45) is 3.90. The predicted molar refractivity (Wildman–Crippen MR) is 133 cm³/mol. The summed E-state index contributed by atoms with van der Waals surface area (Å²) in [5.74, 6) is 1.90. The van der Waals surface area contributed by atoms with Gasteiger partial charge in [-0.15, -0.1) is 0 Å². The fourth-order valence-corrected chi connectivity index (χ4v) is 4.26. The lowest BCUT2D eigenvalue weighted by atomic mass is 9.96. The minimum atomic E-state index is -0.130. The van der Waals surface area contributed by atoms with Gasteiger partial charge < -0.3 is 20.9 Å². The van der Waals surface area contributed by atoms with Crippen LogP contribution in [0.4, 0.5) is 11.5 Å². The zero-order chi connectivity index (χ0) is 22.6. The van der Waals surface area contributed by atoms with Crippen molar-refractivity contribution in [2.24, 2.45) is 0 Å².